The lowest BCUT2D eigenvalue weighted by molar-refractivity contribution is -0.143. The Balaban J connectivity index is 1.98. The van der Waals surface area contributed by atoms with Gasteiger partial charge in [0.05, 0.1) is 17.2 Å². The Morgan fingerprint density at radius 1 is 0.968 bits per heavy atom. The molecule has 0 aliphatic rings. The first kappa shape index (κ1) is 22.2. The fraction of sp³-hybridized carbons (Fsp3) is 0.278. The van der Waals surface area contributed by atoms with E-state index in [1.807, 2.05) is 0 Å². The van der Waals surface area contributed by atoms with Gasteiger partial charge in [0.15, 0.2) is 5.82 Å². The van der Waals surface area contributed by atoms with Crippen LogP contribution in [0.25, 0.3) is 5.95 Å². The Morgan fingerprint density at radius 3 is 2.03 bits per heavy atom. The van der Waals surface area contributed by atoms with Gasteiger partial charge < -0.3 is 4.90 Å². The SMILES string of the molecule is CC(c1ncnn1-c1ncccn1)N(C)C(=O)c1cc(C(F)(F)F)cc(C(F)(F)F)c1. The molecule has 1 aromatic carbocycles. The van der Waals surface area contributed by atoms with Gasteiger partial charge in [-0.3, -0.25) is 4.79 Å². The van der Waals surface area contributed by atoms with Crippen LogP contribution in [0.5, 0.6) is 0 Å². The van der Waals surface area contributed by atoms with E-state index in [1.165, 1.54) is 31.0 Å². The summed E-state index contributed by atoms with van der Waals surface area (Å²) in [6, 6.07) is 1.40. The van der Waals surface area contributed by atoms with Crippen molar-refractivity contribution in [2.75, 3.05) is 7.05 Å². The van der Waals surface area contributed by atoms with Crippen LogP contribution in [0, 0.1) is 0 Å². The normalized spacial score (nSPS) is 13.2. The largest absolute Gasteiger partial charge is 0.416 e. The summed E-state index contributed by atoms with van der Waals surface area (Å²) >= 11 is 0. The monoisotopic (exact) mass is 444 g/mol. The van der Waals surface area contributed by atoms with Crippen molar-refractivity contribution in [3.8, 4) is 5.95 Å². The highest BCUT2D eigenvalue weighted by atomic mass is 19.4. The predicted octanol–water partition coefficient (Wildman–Crippen LogP) is 3.93. The van der Waals surface area contributed by atoms with Crippen LogP contribution >= 0.6 is 0 Å². The van der Waals surface area contributed by atoms with Crippen LogP contribution in [0.4, 0.5) is 26.3 Å². The van der Waals surface area contributed by atoms with Crippen LogP contribution < -0.4 is 0 Å². The van der Waals surface area contributed by atoms with Crippen LogP contribution in [0.15, 0.2) is 43.0 Å². The summed E-state index contributed by atoms with van der Waals surface area (Å²) < 4.78 is 79.8. The molecule has 1 atom stereocenters. The molecule has 0 spiro atoms. The first-order chi connectivity index (χ1) is 14.4. The van der Waals surface area contributed by atoms with Crippen LogP contribution in [-0.4, -0.2) is 42.6 Å². The molecule has 3 aromatic rings. The number of alkyl halides is 6. The van der Waals surface area contributed by atoms with E-state index in [4.69, 9.17) is 0 Å². The summed E-state index contributed by atoms with van der Waals surface area (Å²) in [4.78, 5) is 25.8. The summed E-state index contributed by atoms with van der Waals surface area (Å²) in [5, 5.41) is 3.96. The smallest absolute Gasteiger partial charge is 0.332 e. The van der Waals surface area contributed by atoms with E-state index in [2.05, 4.69) is 20.1 Å². The van der Waals surface area contributed by atoms with Crippen LogP contribution in [-0.2, 0) is 12.4 Å². The average molecular weight is 444 g/mol. The van der Waals surface area contributed by atoms with Crippen LogP contribution in [0.2, 0.25) is 0 Å². The van der Waals surface area contributed by atoms with Crippen molar-refractivity contribution in [3.63, 3.8) is 0 Å². The summed E-state index contributed by atoms with van der Waals surface area (Å²) in [6.45, 7) is 1.49. The predicted molar refractivity (Wildman–Crippen MR) is 93.9 cm³/mol. The van der Waals surface area contributed by atoms with Crippen molar-refractivity contribution in [3.05, 3.63) is 65.5 Å². The number of rotatable bonds is 4. The third kappa shape index (κ3) is 4.64. The van der Waals surface area contributed by atoms with Crippen molar-refractivity contribution in [1.29, 1.82) is 0 Å². The molecule has 0 fully saturated rings. The molecule has 0 aliphatic carbocycles. The maximum Gasteiger partial charge on any atom is 0.416 e. The summed E-state index contributed by atoms with van der Waals surface area (Å²) in [5.41, 5.74) is -3.92. The number of amides is 1. The van der Waals surface area contributed by atoms with E-state index in [0.29, 0.717) is 12.1 Å². The van der Waals surface area contributed by atoms with Gasteiger partial charge in [-0.25, -0.2) is 15.0 Å². The molecule has 13 heteroatoms. The zero-order valence-electron chi connectivity index (χ0n) is 16.0. The fourth-order valence-corrected chi connectivity index (χ4v) is 2.72. The molecule has 0 saturated carbocycles. The Labute approximate surface area is 171 Å². The van der Waals surface area contributed by atoms with Crippen molar-refractivity contribution in [1.82, 2.24) is 29.6 Å². The number of halogens is 6. The minimum Gasteiger partial charge on any atom is -0.332 e. The molecule has 1 amide bonds. The molecule has 0 aliphatic heterocycles. The number of benzene rings is 1. The highest BCUT2D eigenvalue weighted by molar-refractivity contribution is 5.94. The number of nitrogens with zero attached hydrogens (tertiary/aromatic N) is 6. The van der Waals surface area contributed by atoms with Gasteiger partial charge in [-0.05, 0) is 31.2 Å². The molecule has 0 N–H and O–H groups in total. The number of hydrogen-bond acceptors (Lipinski definition) is 5. The summed E-state index contributed by atoms with van der Waals surface area (Å²) in [7, 11) is 1.23. The van der Waals surface area contributed by atoms with Gasteiger partial charge in [-0.2, -0.15) is 36.1 Å². The second kappa shape index (κ2) is 7.96. The Kier molecular flexibility index (Phi) is 5.70. The van der Waals surface area contributed by atoms with Gasteiger partial charge in [0, 0.05) is 25.0 Å². The maximum absolute atomic E-state index is 13.1. The van der Waals surface area contributed by atoms with Crippen molar-refractivity contribution in [2.24, 2.45) is 0 Å². The molecule has 164 valence electrons. The molecule has 31 heavy (non-hydrogen) atoms. The third-order valence-electron chi connectivity index (χ3n) is 4.43. The van der Waals surface area contributed by atoms with E-state index in [-0.39, 0.29) is 17.8 Å². The topological polar surface area (TPSA) is 76.8 Å². The fourth-order valence-electron chi connectivity index (χ4n) is 2.72. The third-order valence-corrected chi connectivity index (χ3v) is 4.43. The highest BCUT2D eigenvalue weighted by Gasteiger charge is 2.38. The molecule has 7 nitrogen and oxygen atoms in total. The lowest BCUT2D eigenvalue weighted by Gasteiger charge is -2.25. The van der Waals surface area contributed by atoms with E-state index >= 15 is 0 Å². The second-order valence-electron chi connectivity index (χ2n) is 6.47. The maximum atomic E-state index is 13.1. The second-order valence-corrected chi connectivity index (χ2v) is 6.47. The molecular weight excluding hydrogens is 430 g/mol. The molecule has 2 aromatic heterocycles. The average Bonchev–Trinajstić information content (AvgIpc) is 3.21. The quantitative estimate of drug-likeness (QED) is 0.570. The number of carbonyl (C=O) groups excluding carboxylic acids is 1. The van der Waals surface area contributed by atoms with Crippen LogP contribution in [0.1, 0.15) is 40.3 Å². The van der Waals surface area contributed by atoms with Crippen molar-refractivity contribution in [2.45, 2.75) is 25.3 Å². The molecular formula is C18H14F6N6O. The first-order valence-corrected chi connectivity index (χ1v) is 8.63. The highest BCUT2D eigenvalue weighted by Crippen LogP contribution is 2.36. The van der Waals surface area contributed by atoms with E-state index in [9.17, 15) is 31.1 Å². The molecule has 2 heterocycles. The number of carbonyl (C=O) groups is 1. The molecule has 0 bridgehead atoms. The summed E-state index contributed by atoms with van der Waals surface area (Å²) in [5.74, 6) is -0.779. The van der Waals surface area contributed by atoms with Gasteiger partial charge in [0.25, 0.3) is 11.9 Å². The number of aromatic nitrogens is 5. The minimum absolute atomic E-state index is 0.0381. The van der Waals surface area contributed by atoms with Gasteiger partial charge in [0.1, 0.15) is 6.33 Å². The van der Waals surface area contributed by atoms with Crippen LogP contribution in [0.3, 0.4) is 0 Å². The lowest BCUT2D eigenvalue weighted by atomic mass is 10.0. The van der Waals surface area contributed by atoms with Gasteiger partial charge in [0.2, 0.25) is 0 Å². The molecule has 0 saturated heterocycles. The van der Waals surface area contributed by atoms with Gasteiger partial charge in [-0.1, -0.05) is 0 Å². The zero-order chi connectivity index (χ0) is 23.0. The van der Waals surface area contributed by atoms with Gasteiger partial charge in [-0.15, -0.1) is 0 Å². The standard InChI is InChI=1S/C18H14F6N6O/c1-10(14-27-9-28-30(14)16-25-4-3-5-26-16)29(2)15(31)11-6-12(17(19,20)21)8-13(7-11)18(22,23)24/h3-10H,1-2H3. The van der Waals surface area contributed by atoms with Crippen molar-refractivity contribution >= 4 is 5.91 Å². The zero-order valence-corrected chi connectivity index (χ0v) is 16.0. The Morgan fingerprint density at radius 2 is 1.52 bits per heavy atom. The Bertz CT molecular complexity index is 1050. The van der Waals surface area contributed by atoms with Crippen molar-refractivity contribution < 1.29 is 31.1 Å². The molecule has 0 radical (unpaired) electrons. The first-order valence-electron chi connectivity index (χ1n) is 8.63. The van der Waals surface area contributed by atoms with E-state index < -0.39 is 41.0 Å². The molecule has 1 unspecified atom stereocenters. The van der Waals surface area contributed by atoms with Gasteiger partial charge >= 0.3 is 12.4 Å². The van der Waals surface area contributed by atoms with E-state index in [0.717, 1.165) is 11.2 Å². The Hall–Kier alpha value is -3.51. The summed E-state index contributed by atoms with van der Waals surface area (Å²) in [6.07, 6.45) is -6.09. The minimum atomic E-state index is -5.06. The number of hydrogen-bond donors (Lipinski definition) is 0. The lowest BCUT2D eigenvalue weighted by Crippen LogP contribution is -2.32. The van der Waals surface area contributed by atoms with E-state index in [1.54, 1.807) is 6.07 Å². The molecule has 3 rings (SSSR count).